The molecule has 1 fully saturated rings. The first-order valence-corrected chi connectivity index (χ1v) is 12.7. The molecule has 0 saturated carbocycles. The molecule has 2 N–H and O–H groups in total. The number of carbonyl (C=O) groups is 2. The van der Waals surface area contributed by atoms with E-state index in [2.05, 4.69) is 20.8 Å². The monoisotopic (exact) mass is 536 g/mol. The van der Waals surface area contributed by atoms with E-state index < -0.39 is 11.7 Å². The second-order valence-electron chi connectivity index (χ2n) is 9.38. The van der Waals surface area contributed by atoms with E-state index in [4.69, 9.17) is 0 Å². The van der Waals surface area contributed by atoms with E-state index in [0.717, 1.165) is 41.6 Å². The molecule has 0 bridgehead atoms. The van der Waals surface area contributed by atoms with E-state index >= 15 is 0 Å². The van der Waals surface area contributed by atoms with Crippen molar-refractivity contribution in [3.05, 3.63) is 78.0 Å². The van der Waals surface area contributed by atoms with Crippen LogP contribution in [0.4, 0.5) is 24.7 Å². The Balaban J connectivity index is 1.24. The van der Waals surface area contributed by atoms with Crippen molar-refractivity contribution < 1.29 is 22.8 Å². The van der Waals surface area contributed by atoms with Crippen LogP contribution in [0.3, 0.4) is 0 Å². The van der Waals surface area contributed by atoms with Crippen molar-refractivity contribution in [2.45, 2.75) is 31.9 Å². The molecule has 2 aromatic heterocycles. The maximum absolute atomic E-state index is 12.8. The molecule has 4 aromatic rings. The summed E-state index contributed by atoms with van der Waals surface area (Å²) >= 11 is 0. The van der Waals surface area contributed by atoms with Crippen LogP contribution in [-0.2, 0) is 22.2 Å². The van der Waals surface area contributed by atoms with Gasteiger partial charge in [0.1, 0.15) is 0 Å². The summed E-state index contributed by atoms with van der Waals surface area (Å²) in [6, 6.07) is 15.8. The lowest BCUT2D eigenvalue weighted by Gasteiger charge is -2.15. The Kier molecular flexibility index (Phi) is 7.49. The summed E-state index contributed by atoms with van der Waals surface area (Å²) in [5, 5.41) is 15.3. The fourth-order valence-electron chi connectivity index (χ4n) is 4.67. The highest BCUT2D eigenvalue weighted by Gasteiger charge is 2.30. The topological polar surface area (TPSA) is 92.2 Å². The SMILES string of the molecule is O=C(Cc1cn(-c2ccc(Nc3ccc(C(F)(F)F)cc3)nn2)c2ccccc12)NCCCN1CCCC1=O. The van der Waals surface area contributed by atoms with Crippen LogP contribution in [0, 0.1) is 0 Å². The number of aromatic nitrogens is 3. The summed E-state index contributed by atoms with van der Waals surface area (Å²) < 4.78 is 40.2. The third kappa shape index (κ3) is 6.19. The molecule has 1 aliphatic heterocycles. The predicted octanol–water partition coefficient (Wildman–Crippen LogP) is 4.85. The van der Waals surface area contributed by atoms with E-state index in [1.165, 1.54) is 12.1 Å². The van der Waals surface area contributed by atoms with Gasteiger partial charge in [-0.05, 0) is 60.9 Å². The second kappa shape index (κ2) is 11.1. The number of halogens is 3. The van der Waals surface area contributed by atoms with Crippen molar-refractivity contribution in [1.82, 2.24) is 25.0 Å². The lowest BCUT2D eigenvalue weighted by molar-refractivity contribution is -0.137. The van der Waals surface area contributed by atoms with Crippen LogP contribution in [0.1, 0.15) is 30.4 Å². The van der Waals surface area contributed by atoms with Crippen molar-refractivity contribution in [3.63, 3.8) is 0 Å². The molecule has 202 valence electrons. The lowest BCUT2D eigenvalue weighted by Crippen LogP contribution is -2.31. The highest BCUT2D eigenvalue weighted by molar-refractivity contribution is 5.90. The number of carbonyl (C=O) groups excluding carboxylic acids is 2. The maximum atomic E-state index is 12.8. The molecule has 11 heteroatoms. The number of hydrogen-bond donors (Lipinski definition) is 2. The minimum absolute atomic E-state index is 0.104. The average molecular weight is 537 g/mol. The van der Waals surface area contributed by atoms with Crippen LogP contribution in [-0.4, -0.2) is 51.1 Å². The summed E-state index contributed by atoms with van der Waals surface area (Å²) in [6.07, 6.45) is -0.121. The quantitative estimate of drug-likeness (QED) is 0.298. The average Bonchev–Trinajstić information content (AvgIpc) is 3.50. The van der Waals surface area contributed by atoms with Gasteiger partial charge in [0.2, 0.25) is 11.8 Å². The minimum Gasteiger partial charge on any atom is -0.356 e. The molecule has 0 atom stereocenters. The van der Waals surface area contributed by atoms with Crippen molar-refractivity contribution in [3.8, 4) is 5.82 Å². The Morgan fingerprint density at radius 3 is 2.49 bits per heavy atom. The van der Waals surface area contributed by atoms with E-state index in [0.29, 0.717) is 43.3 Å². The first-order chi connectivity index (χ1) is 18.8. The number of benzene rings is 2. The van der Waals surface area contributed by atoms with Crippen LogP contribution in [0.2, 0.25) is 0 Å². The van der Waals surface area contributed by atoms with Gasteiger partial charge >= 0.3 is 6.18 Å². The van der Waals surface area contributed by atoms with Gasteiger partial charge in [-0.15, -0.1) is 10.2 Å². The van der Waals surface area contributed by atoms with Gasteiger partial charge in [-0.25, -0.2) is 0 Å². The number of nitrogens with one attached hydrogen (secondary N) is 2. The molecule has 2 aromatic carbocycles. The van der Waals surface area contributed by atoms with Crippen molar-refractivity contribution in [1.29, 1.82) is 0 Å². The zero-order chi connectivity index (χ0) is 27.4. The second-order valence-corrected chi connectivity index (χ2v) is 9.38. The Labute approximate surface area is 222 Å². The van der Waals surface area contributed by atoms with Gasteiger partial charge in [0.25, 0.3) is 0 Å². The van der Waals surface area contributed by atoms with Gasteiger partial charge < -0.3 is 15.5 Å². The largest absolute Gasteiger partial charge is 0.416 e. The molecule has 0 aliphatic carbocycles. The van der Waals surface area contributed by atoms with Crippen molar-refractivity contribution in [2.24, 2.45) is 0 Å². The highest BCUT2D eigenvalue weighted by Crippen LogP contribution is 2.30. The summed E-state index contributed by atoms with van der Waals surface area (Å²) in [5.74, 6) is 0.991. The van der Waals surface area contributed by atoms with Gasteiger partial charge in [-0.1, -0.05) is 18.2 Å². The molecule has 0 unspecified atom stereocenters. The fraction of sp³-hybridized carbons (Fsp3) is 0.286. The molecule has 8 nitrogen and oxygen atoms in total. The third-order valence-electron chi connectivity index (χ3n) is 6.63. The number of hydrogen-bond acceptors (Lipinski definition) is 5. The molecular formula is C28H27F3N6O2. The van der Waals surface area contributed by atoms with Crippen LogP contribution in [0.5, 0.6) is 0 Å². The fourth-order valence-corrected chi connectivity index (χ4v) is 4.67. The Morgan fingerprint density at radius 2 is 1.79 bits per heavy atom. The van der Waals surface area contributed by atoms with Crippen LogP contribution in [0.25, 0.3) is 16.7 Å². The number of likely N-dealkylation sites (tertiary alicyclic amines) is 1. The molecule has 2 amide bonds. The van der Waals surface area contributed by atoms with Gasteiger partial charge in [0.05, 0.1) is 17.5 Å². The normalized spacial score (nSPS) is 13.7. The van der Waals surface area contributed by atoms with Crippen LogP contribution < -0.4 is 10.6 Å². The van der Waals surface area contributed by atoms with Crippen LogP contribution >= 0.6 is 0 Å². The number of nitrogens with zero attached hydrogens (tertiary/aromatic N) is 4. The zero-order valence-corrected chi connectivity index (χ0v) is 21.0. The van der Waals surface area contributed by atoms with Crippen LogP contribution in [0.15, 0.2) is 66.9 Å². The van der Waals surface area contributed by atoms with Gasteiger partial charge in [0.15, 0.2) is 11.6 Å². The van der Waals surface area contributed by atoms with E-state index in [9.17, 15) is 22.8 Å². The molecule has 0 radical (unpaired) electrons. The number of anilines is 2. The van der Waals surface area contributed by atoms with E-state index in [-0.39, 0.29) is 18.2 Å². The summed E-state index contributed by atoms with van der Waals surface area (Å²) in [6.45, 7) is 1.95. The molecule has 3 heterocycles. The molecular weight excluding hydrogens is 509 g/mol. The molecule has 39 heavy (non-hydrogen) atoms. The van der Waals surface area contributed by atoms with Gasteiger partial charge in [0, 0.05) is 43.3 Å². The predicted molar refractivity (Wildman–Crippen MR) is 141 cm³/mol. The lowest BCUT2D eigenvalue weighted by atomic mass is 10.1. The first-order valence-electron chi connectivity index (χ1n) is 12.7. The molecule has 1 saturated heterocycles. The standard InChI is InChI=1S/C28H27F3N6O2/c29-28(30,31)20-8-10-21(11-9-20)33-24-12-13-25(35-34-24)37-18-19(22-5-1-2-6-23(22)37)17-26(38)32-14-4-16-36-15-3-7-27(36)39/h1-2,5-6,8-13,18H,3-4,7,14-17H2,(H,32,38)(H,33,34). The van der Waals surface area contributed by atoms with Crippen molar-refractivity contribution >= 4 is 34.2 Å². The molecule has 0 spiro atoms. The highest BCUT2D eigenvalue weighted by atomic mass is 19.4. The number of fused-ring (bicyclic) bond motifs is 1. The minimum atomic E-state index is -4.39. The number of para-hydroxylation sites is 1. The maximum Gasteiger partial charge on any atom is 0.416 e. The Bertz CT molecular complexity index is 1470. The Morgan fingerprint density at radius 1 is 1.00 bits per heavy atom. The van der Waals surface area contributed by atoms with E-state index in [1.54, 1.807) is 12.1 Å². The molecule has 5 rings (SSSR count). The first kappa shape index (κ1) is 26.2. The molecule has 1 aliphatic rings. The summed E-state index contributed by atoms with van der Waals surface area (Å²) in [4.78, 5) is 26.2. The zero-order valence-electron chi connectivity index (χ0n) is 21.0. The van der Waals surface area contributed by atoms with Gasteiger partial charge in [-0.3, -0.25) is 14.2 Å². The van der Waals surface area contributed by atoms with E-state index in [1.807, 2.05) is 39.9 Å². The number of rotatable bonds is 9. The smallest absolute Gasteiger partial charge is 0.356 e. The number of amides is 2. The van der Waals surface area contributed by atoms with Gasteiger partial charge in [-0.2, -0.15) is 13.2 Å². The Hall–Kier alpha value is -4.41. The summed E-state index contributed by atoms with van der Waals surface area (Å²) in [7, 11) is 0. The van der Waals surface area contributed by atoms with Crippen molar-refractivity contribution in [2.75, 3.05) is 25.0 Å². The summed E-state index contributed by atoms with van der Waals surface area (Å²) in [5.41, 5.74) is 1.44. The number of alkyl halides is 3. The third-order valence-corrected chi connectivity index (χ3v) is 6.63.